The highest BCUT2D eigenvalue weighted by Crippen LogP contribution is 2.45. The van der Waals surface area contributed by atoms with Crippen LogP contribution in [0.15, 0.2) is 35.7 Å². The summed E-state index contributed by atoms with van der Waals surface area (Å²) in [6.07, 6.45) is 13.4. The highest BCUT2D eigenvalue weighted by atomic mass is 32.1. The first-order valence-corrected chi connectivity index (χ1v) is 7.55. The van der Waals surface area contributed by atoms with Crippen molar-refractivity contribution in [2.24, 2.45) is 5.41 Å². The van der Waals surface area contributed by atoms with Gasteiger partial charge in [-0.15, -0.1) is 11.3 Å². The first-order valence-electron chi connectivity index (χ1n) is 6.67. The third-order valence-corrected chi connectivity index (χ3v) is 4.64. The summed E-state index contributed by atoms with van der Waals surface area (Å²) in [5.41, 5.74) is 1.90. The number of thiophene rings is 1. The number of rotatable bonds is 5. The fourth-order valence-corrected chi connectivity index (χ4v) is 3.52. The highest BCUT2D eigenvalue weighted by molar-refractivity contribution is 7.11. The van der Waals surface area contributed by atoms with Crippen LogP contribution in [-0.2, 0) is 0 Å². The fraction of sp³-hybridized carbons (Fsp3) is 0.500. The summed E-state index contributed by atoms with van der Waals surface area (Å²) >= 11 is 1.87. The number of hydrogen-bond acceptors (Lipinski definition) is 1. The summed E-state index contributed by atoms with van der Waals surface area (Å²) < 4.78 is 0. The molecule has 0 bridgehead atoms. The topological polar surface area (TPSA) is 0 Å². The first-order chi connectivity index (χ1) is 8.26. The molecule has 92 valence electrons. The Morgan fingerprint density at radius 2 is 2.24 bits per heavy atom. The second kappa shape index (κ2) is 5.68. The minimum Gasteiger partial charge on any atom is -0.144 e. The Morgan fingerprint density at radius 1 is 1.35 bits per heavy atom. The zero-order valence-electron chi connectivity index (χ0n) is 10.9. The molecule has 0 radical (unpaired) electrons. The zero-order chi connectivity index (χ0) is 12.1. The number of hydrogen-bond donors (Lipinski definition) is 0. The van der Waals surface area contributed by atoms with Crippen LogP contribution in [0.1, 0.15) is 50.8 Å². The van der Waals surface area contributed by atoms with Gasteiger partial charge in [-0.3, -0.25) is 0 Å². The van der Waals surface area contributed by atoms with E-state index in [1.54, 1.807) is 5.57 Å². The van der Waals surface area contributed by atoms with E-state index in [1.165, 1.54) is 37.0 Å². The van der Waals surface area contributed by atoms with Gasteiger partial charge >= 0.3 is 0 Å². The van der Waals surface area contributed by atoms with E-state index in [-0.39, 0.29) is 0 Å². The van der Waals surface area contributed by atoms with Crippen molar-refractivity contribution < 1.29 is 0 Å². The van der Waals surface area contributed by atoms with Crippen LogP contribution in [0.4, 0.5) is 0 Å². The maximum atomic E-state index is 2.43. The molecule has 0 saturated carbocycles. The average molecular weight is 246 g/mol. The van der Waals surface area contributed by atoms with Crippen molar-refractivity contribution >= 4 is 16.9 Å². The zero-order valence-corrected chi connectivity index (χ0v) is 11.7. The van der Waals surface area contributed by atoms with Crippen LogP contribution in [-0.4, -0.2) is 0 Å². The molecule has 0 N–H and O–H groups in total. The molecule has 2 rings (SSSR count). The van der Waals surface area contributed by atoms with Gasteiger partial charge in [-0.25, -0.2) is 0 Å². The number of allylic oxidation sites excluding steroid dienone is 4. The Labute approximate surface area is 109 Å². The standard InChI is InChI=1S/C16H22S/c1-3-4-6-11-16(2)12-7-5-9-14(16)15-10-8-13-17-15/h5,7-10,13H,3-4,6,11-12H2,1-2H3. The molecule has 0 amide bonds. The van der Waals surface area contributed by atoms with Crippen molar-refractivity contribution in [1.29, 1.82) is 0 Å². The van der Waals surface area contributed by atoms with Crippen LogP contribution in [0.5, 0.6) is 0 Å². The van der Waals surface area contributed by atoms with Gasteiger partial charge in [-0.1, -0.05) is 57.4 Å². The van der Waals surface area contributed by atoms with Gasteiger partial charge < -0.3 is 0 Å². The van der Waals surface area contributed by atoms with Crippen LogP contribution in [0.2, 0.25) is 0 Å². The third kappa shape index (κ3) is 2.90. The van der Waals surface area contributed by atoms with Gasteiger partial charge in [-0.2, -0.15) is 0 Å². The van der Waals surface area contributed by atoms with Gasteiger partial charge in [0.1, 0.15) is 0 Å². The van der Waals surface area contributed by atoms with Gasteiger partial charge in [0.25, 0.3) is 0 Å². The number of unbranched alkanes of at least 4 members (excludes halogenated alkanes) is 2. The normalized spacial score (nSPS) is 23.8. The molecule has 1 aromatic heterocycles. The van der Waals surface area contributed by atoms with Crippen molar-refractivity contribution in [3.8, 4) is 0 Å². The predicted molar refractivity (Wildman–Crippen MR) is 78.3 cm³/mol. The van der Waals surface area contributed by atoms with Crippen molar-refractivity contribution in [2.75, 3.05) is 0 Å². The molecule has 1 aliphatic rings. The Kier molecular flexibility index (Phi) is 4.22. The summed E-state index contributed by atoms with van der Waals surface area (Å²) in [7, 11) is 0. The smallest absolute Gasteiger partial charge is 0.0307 e. The van der Waals surface area contributed by atoms with Crippen molar-refractivity contribution in [1.82, 2.24) is 0 Å². The fourth-order valence-electron chi connectivity index (χ4n) is 2.62. The largest absolute Gasteiger partial charge is 0.144 e. The van der Waals surface area contributed by atoms with Gasteiger partial charge in [0.2, 0.25) is 0 Å². The lowest BCUT2D eigenvalue weighted by Gasteiger charge is -2.33. The van der Waals surface area contributed by atoms with Gasteiger partial charge in [-0.05, 0) is 35.3 Å². The quantitative estimate of drug-likeness (QED) is 0.586. The molecule has 1 heterocycles. The van der Waals surface area contributed by atoms with E-state index < -0.39 is 0 Å². The Balaban J connectivity index is 2.15. The molecule has 0 saturated heterocycles. The van der Waals surface area contributed by atoms with Crippen molar-refractivity contribution in [2.45, 2.75) is 46.0 Å². The van der Waals surface area contributed by atoms with Gasteiger partial charge in [0.15, 0.2) is 0 Å². The highest BCUT2D eigenvalue weighted by Gasteiger charge is 2.29. The van der Waals surface area contributed by atoms with Crippen LogP contribution >= 0.6 is 11.3 Å². The maximum Gasteiger partial charge on any atom is 0.0307 e. The molecule has 1 atom stereocenters. The summed E-state index contributed by atoms with van der Waals surface area (Å²) in [6, 6.07) is 4.42. The maximum absolute atomic E-state index is 2.43. The van der Waals surface area contributed by atoms with Crippen LogP contribution in [0, 0.1) is 5.41 Å². The van der Waals surface area contributed by atoms with E-state index in [9.17, 15) is 0 Å². The Bertz CT molecular complexity index is 397. The molecule has 17 heavy (non-hydrogen) atoms. The molecule has 1 aliphatic carbocycles. The molecule has 0 aliphatic heterocycles. The second-order valence-corrected chi connectivity index (χ2v) is 6.16. The lowest BCUT2D eigenvalue weighted by molar-refractivity contribution is 0.391. The predicted octanol–water partition coefficient (Wildman–Crippen LogP) is 5.68. The van der Waals surface area contributed by atoms with E-state index in [0.717, 1.165) is 0 Å². The monoisotopic (exact) mass is 246 g/mol. The Hall–Kier alpha value is -0.820. The molecule has 0 fully saturated rings. The lowest BCUT2D eigenvalue weighted by Crippen LogP contribution is -2.19. The van der Waals surface area contributed by atoms with Crippen LogP contribution < -0.4 is 0 Å². The summed E-state index contributed by atoms with van der Waals surface area (Å²) in [5, 5.41) is 2.18. The second-order valence-electron chi connectivity index (χ2n) is 5.21. The van der Waals surface area contributed by atoms with Gasteiger partial charge in [0.05, 0.1) is 0 Å². The Morgan fingerprint density at radius 3 is 2.94 bits per heavy atom. The third-order valence-electron chi connectivity index (χ3n) is 3.74. The molecule has 0 spiro atoms. The molecule has 1 unspecified atom stereocenters. The van der Waals surface area contributed by atoms with Gasteiger partial charge in [0, 0.05) is 4.88 Å². The van der Waals surface area contributed by atoms with E-state index in [4.69, 9.17) is 0 Å². The average Bonchev–Trinajstić information content (AvgIpc) is 2.83. The van der Waals surface area contributed by atoms with Crippen molar-refractivity contribution in [3.05, 3.63) is 40.6 Å². The first kappa shape index (κ1) is 12.6. The van der Waals surface area contributed by atoms with Crippen LogP contribution in [0.3, 0.4) is 0 Å². The summed E-state index contributed by atoms with van der Waals surface area (Å²) in [4.78, 5) is 1.45. The van der Waals surface area contributed by atoms with E-state index >= 15 is 0 Å². The molecule has 1 heteroatoms. The van der Waals surface area contributed by atoms with E-state index in [0.29, 0.717) is 5.41 Å². The molecule has 1 aromatic rings. The minimum atomic E-state index is 0.356. The summed E-state index contributed by atoms with van der Waals surface area (Å²) in [6.45, 7) is 4.71. The van der Waals surface area contributed by atoms with E-state index in [1.807, 2.05) is 11.3 Å². The van der Waals surface area contributed by atoms with Crippen molar-refractivity contribution in [3.63, 3.8) is 0 Å². The van der Waals surface area contributed by atoms with E-state index in [2.05, 4.69) is 49.6 Å². The molecule has 0 nitrogen and oxygen atoms in total. The van der Waals surface area contributed by atoms with Crippen LogP contribution in [0.25, 0.3) is 5.57 Å². The molecular weight excluding hydrogens is 224 g/mol. The SMILES string of the molecule is CCCCCC1(C)CC=CC=C1c1cccs1. The summed E-state index contributed by atoms with van der Waals surface area (Å²) in [5.74, 6) is 0. The lowest BCUT2D eigenvalue weighted by atomic mass is 9.72. The molecular formula is C16H22S. The minimum absolute atomic E-state index is 0.356. The molecule has 0 aromatic carbocycles.